The van der Waals surface area contributed by atoms with Gasteiger partial charge in [0.1, 0.15) is 0 Å². The Kier molecular flexibility index (Phi) is 5.23. The van der Waals surface area contributed by atoms with Crippen LogP contribution in [0.25, 0.3) is 22.2 Å². The zero-order chi connectivity index (χ0) is 19.7. The van der Waals surface area contributed by atoms with Gasteiger partial charge in [-0.1, -0.05) is 53.0 Å². The molecule has 0 aliphatic carbocycles. The number of pyridine rings is 1. The fourth-order valence-corrected chi connectivity index (χ4v) is 3.56. The van der Waals surface area contributed by atoms with Gasteiger partial charge in [-0.3, -0.25) is 4.79 Å². The van der Waals surface area contributed by atoms with Gasteiger partial charge >= 0.3 is 0 Å². The Morgan fingerprint density at radius 2 is 1.54 bits per heavy atom. The van der Waals surface area contributed by atoms with Crippen molar-refractivity contribution in [2.75, 3.05) is 5.32 Å². The van der Waals surface area contributed by atoms with Gasteiger partial charge in [-0.25, -0.2) is 4.98 Å². The Bertz CT molecular complexity index is 1190. The van der Waals surface area contributed by atoms with Gasteiger partial charge in [-0.05, 0) is 54.6 Å². The van der Waals surface area contributed by atoms with E-state index in [1.807, 2.05) is 24.3 Å². The monoisotopic (exact) mass is 426 g/mol. The average molecular weight is 428 g/mol. The quantitative estimate of drug-likeness (QED) is 0.378. The molecule has 1 aromatic heterocycles. The number of benzene rings is 3. The first-order chi connectivity index (χ1) is 13.5. The largest absolute Gasteiger partial charge is 0.322 e. The second-order valence-corrected chi connectivity index (χ2v) is 7.44. The van der Waals surface area contributed by atoms with E-state index < -0.39 is 0 Å². The Balaban J connectivity index is 1.82. The Morgan fingerprint density at radius 3 is 2.29 bits per heavy atom. The summed E-state index contributed by atoms with van der Waals surface area (Å²) >= 11 is 18.3. The lowest BCUT2D eigenvalue weighted by Gasteiger charge is -2.12. The first-order valence-electron chi connectivity index (χ1n) is 8.43. The molecule has 1 amide bonds. The highest BCUT2D eigenvalue weighted by molar-refractivity contribution is 6.36. The van der Waals surface area contributed by atoms with Gasteiger partial charge in [0.25, 0.3) is 5.91 Å². The second kappa shape index (κ2) is 7.80. The van der Waals surface area contributed by atoms with Crippen LogP contribution >= 0.6 is 34.8 Å². The molecule has 28 heavy (non-hydrogen) atoms. The third kappa shape index (κ3) is 3.83. The van der Waals surface area contributed by atoms with Crippen molar-refractivity contribution in [3.63, 3.8) is 0 Å². The number of halogens is 3. The Morgan fingerprint density at radius 1 is 0.821 bits per heavy atom. The normalized spacial score (nSPS) is 10.8. The summed E-state index contributed by atoms with van der Waals surface area (Å²) < 4.78 is 0. The molecule has 1 N–H and O–H groups in total. The molecule has 0 bridgehead atoms. The van der Waals surface area contributed by atoms with Gasteiger partial charge in [0.15, 0.2) is 0 Å². The van der Waals surface area contributed by atoms with Crippen molar-refractivity contribution >= 4 is 57.3 Å². The molecule has 0 spiro atoms. The van der Waals surface area contributed by atoms with Crippen molar-refractivity contribution in [2.45, 2.75) is 0 Å². The molecule has 0 unspecified atom stereocenters. The van der Waals surface area contributed by atoms with Crippen LogP contribution in [0.15, 0.2) is 72.8 Å². The summed E-state index contributed by atoms with van der Waals surface area (Å²) in [6.07, 6.45) is 0. The minimum atomic E-state index is -0.243. The zero-order valence-electron chi connectivity index (χ0n) is 14.4. The van der Waals surface area contributed by atoms with Crippen LogP contribution in [0.4, 0.5) is 5.69 Å². The van der Waals surface area contributed by atoms with Crippen LogP contribution in [0.2, 0.25) is 15.1 Å². The first-order valence-corrected chi connectivity index (χ1v) is 9.57. The molecule has 1 heterocycles. The number of rotatable bonds is 3. The molecule has 4 rings (SSSR count). The number of fused-ring (bicyclic) bond motifs is 1. The molecule has 0 saturated heterocycles. The number of carbonyl (C=O) groups is 1. The van der Waals surface area contributed by atoms with Crippen molar-refractivity contribution < 1.29 is 4.79 Å². The van der Waals surface area contributed by atoms with Crippen LogP contribution in [-0.4, -0.2) is 10.9 Å². The van der Waals surface area contributed by atoms with E-state index in [-0.39, 0.29) is 5.91 Å². The number of hydrogen-bond acceptors (Lipinski definition) is 2. The van der Waals surface area contributed by atoms with Gasteiger partial charge in [0.2, 0.25) is 0 Å². The lowest BCUT2D eigenvalue weighted by molar-refractivity contribution is 0.102. The maximum absolute atomic E-state index is 13.0. The summed E-state index contributed by atoms with van der Waals surface area (Å²) in [6.45, 7) is 0. The maximum atomic E-state index is 13.0. The zero-order valence-corrected chi connectivity index (χ0v) is 16.7. The van der Waals surface area contributed by atoms with Gasteiger partial charge in [0.05, 0.1) is 21.8 Å². The van der Waals surface area contributed by atoms with E-state index in [4.69, 9.17) is 34.8 Å². The summed E-state index contributed by atoms with van der Waals surface area (Å²) in [4.78, 5) is 17.7. The number of anilines is 1. The van der Waals surface area contributed by atoms with Gasteiger partial charge < -0.3 is 5.32 Å². The van der Waals surface area contributed by atoms with Crippen molar-refractivity contribution in [3.05, 3.63) is 93.4 Å². The molecule has 3 aromatic carbocycles. The molecule has 0 aliphatic heterocycles. The van der Waals surface area contributed by atoms with E-state index >= 15 is 0 Å². The van der Waals surface area contributed by atoms with Gasteiger partial charge in [0, 0.05) is 26.7 Å². The highest BCUT2D eigenvalue weighted by Gasteiger charge is 2.15. The van der Waals surface area contributed by atoms with E-state index in [0.717, 1.165) is 5.39 Å². The van der Waals surface area contributed by atoms with Gasteiger partial charge in [-0.2, -0.15) is 0 Å². The number of hydrogen-bond donors (Lipinski definition) is 1. The summed E-state index contributed by atoms with van der Waals surface area (Å²) in [5, 5.41) is 5.27. The number of aromatic nitrogens is 1. The SMILES string of the molecule is O=C(Nc1ccc(Cl)cc1)c1cc(-c2ccc(Cl)cc2Cl)nc2ccccc12. The average Bonchev–Trinajstić information content (AvgIpc) is 2.69. The smallest absolute Gasteiger partial charge is 0.256 e. The Hall–Kier alpha value is -2.59. The Labute approximate surface area is 176 Å². The third-order valence-corrected chi connectivity index (χ3v) is 5.07. The molecule has 0 radical (unpaired) electrons. The highest BCUT2D eigenvalue weighted by Crippen LogP contribution is 2.32. The maximum Gasteiger partial charge on any atom is 0.256 e. The van der Waals surface area contributed by atoms with Crippen LogP contribution in [0.1, 0.15) is 10.4 Å². The first kappa shape index (κ1) is 18.8. The minimum Gasteiger partial charge on any atom is -0.322 e. The van der Waals surface area contributed by atoms with Crippen LogP contribution in [0.5, 0.6) is 0 Å². The number of nitrogens with one attached hydrogen (secondary N) is 1. The van der Waals surface area contributed by atoms with E-state index in [2.05, 4.69) is 10.3 Å². The molecule has 0 fully saturated rings. The van der Waals surface area contributed by atoms with E-state index in [1.165, 1.54) is 0 Å². The number of amides is 1. The number of carbonyl (C=O) groups excluding carboxylic acids is 1. The standard InChI is InChI=1S/C22H13Cl3N2O/c23-13-5-8-15(9-6-13)26-22(28)18-12-21(17-10-7-14(24)11-19(17)25)27-20-4-2-1-3-16(18)20/h1-12H,(H,26,28). The summed E-state index contributed by atoms with van der Waals surface area (Å²) in [7, 11) is 0. The lowest BCUT2D eigenvalue weighted by atomic mass is 10.0. The summed E-state index contributed by atoms with van der Waals surface area (Å²) in [6, 6.07) is 21.4. The molecular weight excluding hydrogens is 415 g/mol. The second-order valence-electron chi connectivity index (χ2n) is 6.16. The highest BCUT2D eigenvalue weighted by atomic mass is 35.5. The van der Waals surface area contributed by atoms with E-state index in [9.17, 15) is 4.79 Å². The lowest BCUT2D eigenvalue weighted by Crippen LogP contribution is -2.13. The van der Waals surface area contributed by atoms with E-state index in [0.29, 0.717) is 43.1 Å². The van der Waals surface area contributed by atoms with Crippen LogP contribution in [-0.2, 0) is 0 Å². The van der Waals surface area contributed by atoms with Crippen molar-refractivity contribution in [1.82, 2.24) is 4.98 Å². The van der Waals surface area contributed by atoms with E-state index in [1.54, 1.807) is 48.5 Å². The molecule has 6 heteroatoms. The molecule has 0 aliphatic rings. The fourth-order valence-electron chi connectivity index (χ4n) is 2.93. The van der Waals surface area contributed by atoms with Gasteiger partial charge in [-0.15, -0.1) is 0 Å². The predicted molar refractivity (Wildman–Crippen MR) is 117 cm³/mol. The molecule has 0 saturated carbocycles. The van der Waals surface area contributed by atoms with Crippen molar-refractivity contribution in [3.8, 4) is 11.3 Å². The molecule has 0 atom stereocenters. The van der Waals surface area contributed by atoms with Crippen LogP contribution < -0.4 is 5.32 Å². The topological polar surface area (TPSA) is 42.0 Å². The molecule has 4 aromatic rings. The minimum absolute atomic E-state index is 0.243. The van der Waals surface area contributed by atoms with Crippen LogP contribution in [0, 0.1) is 0 Å². The summed E-state index contributed by atoms with van der Waals surface area (Å²) in [5.41, 5.74) is 3.16. The van der Waals surface area contributed by atoms with Crippen LogP contribution in [0.3, 0.4) is 0 Å². The van der Waals surface area contributed by atoms with Crippen molar-refractivity contribution in [1.29, 1.82) is 0 Å². The van der Waals surface area contributed by atoms with Crippen molar-refractivity contribution in [2.24, 2.45) is 0 Å². The number of para-hydroxylation sites is 1. The molecular formula is C22H13Cl3N2O. The molecule has 138 valence electrons. The summed E-state index contributed by atoms with van der Waals surface area (Å²) in [5.74, 6) is -0.243. The fraction of sp³-hybridized carbons (Fsp3) is 0. The predicted octanol–water partition coefficient (Wildman–Crippen LogP) is 7.11. The number of nitrogens with zero attached hydrogens (tertiary/aromatic N) is 1. The molecule has 3 nitrogen and oxygen atoms in total. The third-order valence-electron chi connectivity index (χ3n) is 4.27.